The first kappa shape index (κ1) is 25.5. The van der Waals surface area contributed by atoms with Gasteiger partial charge >= 0.3 is 0 Å². The fourth-order valence-electron chi connectivity index (χ4n) is 3.91. The molecule has 1 aliphatic heterocycles. The van der Waals surface area contributed by atoms with Crippen molar-refractivity contribution in [2.75, 3.05) is 52.2 Å². The Morgan fingerprint density at radius 2 is 1.78 bits per heavy atom. The Hall–Kier alpha value is -3.57. The number of ether oxygens (including phenoxy) is 2. The van der Waals surface area contributed by atoms with E-state index in [9.17, 15) is 13.6 Å². The van der Waals surface area contributed by atoms with E-state index in [1.807, 2.05) is 0 Å². The van der Waals surface area contributed by atoms with Gasteiger partial charge in [-0.3, -0.25) is 9.69 Å². The molecule has 3 aromatic rings. The minimum Gasteiger partial charge on any atom is -0.494 e. The van der Waals surface area contributed by atoms with Crippen molar-refractivity contribution >= 4 is 11.6 Å². The van der Waals surface area contributed by atoms with E-state index in [1.165, 1.54) is 38.6 Å². The van der Waals surface area contributed by atoms with E-state index < -0.39 is 11.6 Å². The van der Waals surface area contributed by atoms with Crippen molar-refractivity contribution in [3.05, 3.63) is 69.9 Å². The summed E-state index contributed by atoms with van der Waals surface area (Å²) in [6.45, 7) is 6.71. The van der Waals surface area contributed by atoms with Crippen LogP contribution in [0, 0.1) is 18.6 Å². The summed E-state index contributed by atoms with van der Waals surface area (Å²) in [5.74, 6) is -1.06. The van der Waals surface area contributed by atoms with Crippen molar-refractivity contribution in [3.8, 4) is 11.5 Å². The average molecular weight is 501 g/mol. The molecule has 9 nitrogen and oxygen atoms in total. The van der Waals surface area contributed by atoms with E-state index in [0.717, 1.165) is 32.7 Å². The molecule has 0 atom stereocenters. The molecule has 0 bridgehead atoms. The highest BCUT2D eigenvalue weighted by Gasteiger charge is 2.18. The van der Waals surface area contributed by atoms with Gasteiger partial charge in [0.05, 0.1) is 25.1 Å². The van der Waals surface area contributed by atoms with Gasteiger partial charge in [-0.25, -0.2) is 18.7 Å². The lowest BCUT2D eigenvalue weighted by Crippen LogP contribution is -2.45. The average Bonchev–Trinajstić information content (AvgIpc) is 2.87. The molecule has 4 rings (SSSR count). The van der Waals surface area contributed by atoms with Gasteiger partial charge < -0.3 is 24.3 Å². The lowest BCUT2D eigenvalue weighted by Gasteiger charge is -2.32. The van der Waals surface area contributed by atoms with E-state index in [1.54, 1.807) is 16.8 Å². The Balaban J connectivity index is 1.33. The van der Waals surface area contributed by atoms with E-state index in [2.05, 4.69) is 32.1 Å². The number of benzene rings is 1. The lowest BCUT2D eigenvalue weighted by atomic mass is 10.1. The maximum atomic E-state index is 14.4. The van der Waals surface area contributed by atoms with Crippen molar-refractivity contribution in [2.24, 2.45) is 0 Å². The quantitative estimate of drug-likeness (QED) is 0.480. The largest absolute Gasteiger partial charge is 0.494 e. The molecule has 1 saturated heterocycles. The molecule has 3 heterocycles. The van der Waals surface area contributed by atoms with Crippen LogP contribution in [0.4, 0.5) is 20.4 Å². The van der Waals surface area contributed by atoms with Crippen LogP contribution in [0.25, 0.3) is 0 Å². The summed E-state index contributed by atoms with van der Waals surface area (Å²) in [7, 11) is 3.43. The number of halogens is 2. The lowest BCUT2D eigenvalue weighted by molar-refractivity contribution is 0.149. The Morgan fingerprint density at radius 3 is 2.44 bits per heavy atom. The number of methoxy groups -OCH3 is 1. The molecule has 1 N–H and O–H groups in total. The van der Waals surface area contributed by atoms with Crippen LogP contribution < -0.4 is 20.3 Å². The highest BCUT2D eigenvalue weighted by atomic mass is 19.1. The number of rotatable bonds is 9. The highest BCUT2D eigenvalue weighted by Crippen LogP contribution is 2.27. The number of hydrogen-bond acceptors (Lipinski definition) is 8. The zero-order valence-corrected chi connectivity index (χ0v) is 20.6. The topological polar surface area (TPSA) is 84.8 Å². The number of aryl methyl sites for hydroxylation is 1. The van der Waals surface area contributed by atoms with Gasteiger partial charge in [0.25, 0.3) is 5.56 Å². The van der Waals surface area contributed by atoms with Crippen molar-refractivity contribution < 1.29 is 18.3 Å². The number of nitrogens with zero attached hydrogens (tertiary/aromatic N) is 5. The summed E-state index contributed by atoms with van der Waals surface area (Å²) in [5.41, 5.74) is 0.457. The SMILES string of the molecule is COc1cc(C)c(F)c(COc2cnc(Nc3ccn(CCN4CCN(C)CC4)c(=O)c3)nc2)c1F. The summed E-state index contributed by atoms with van der Waals surface area (Å²) in [6.07, 6.45) is 4.52. The van der Waals surface area contributed by atoms with Crippen LogP contribution in [0.1, 0.15) is 11.1 Å². The maximum Gasteiger partial charge on any atom is 0.252 e. The molecule has 0 amide bonds. The van der Waals surface area contributed by atoms with Crippen molar-refractivity contribution in [3.63, 3.8) is 0 Å². The zero-order chi connectivity index (χ0) is 25.7. The molecule has 0 aliphatic carbocycles. The van der Waals surface area contributed by atoms with Crippen LogP contribution in [0.15, 0.2) is 41.6 Å². The number of piperazine rings is 1. The third kappa shape index (κ3) is 6.16. The van der Waals surface area contributed by atoms with Crippen molar-refractivity contribution in [1.29, 1.82) is 0 Å². The summed E-state index contributed by atoms with van der Waals surface area (Å²) in [4.78, 5) is 25.5. The number of aromatic nitrogens is 3. The molecule has 0 unspecified atom stereocenters. The molecular weight excluding hydrogens is 470 g/mol. The van der Waals surface area contributed by atoms with Crippen molar-refractivity contribution in [2.45, 2.75) is 20.1 Å². The normalized spacial score (nSPS) is 14.6. The van der Waals surface area contributed by atoms with Gasteiger partial charge in [0.2, 0.25) is 5.95 Å². The predicted octanol–water partition coefficient (Wildman–Crippen LogP) is 2.80. The Labute approximate surface area is 208 Å². The monoisotopic (exact) mass is 500 g/mol. The summed E-state index contributed by atoms with van der Waals surface area (Å²) >= 11 is 0. The van der Waals surface area contributed by atoms with Gasteiger partial charge in [-0.1, -0.05) is 0 Å². The number of pyridine rings is 1. The molecule has 1 aliphatic rings. The van der Waals surface area contributed by atoms with E-state index >= 15 is 0 Å². The fraction of sp³-hybridized carbons (Fsp3) is 0.400. The highest BCUT2D eigenvalue weighted by molar-refractivity contribution is 5.51. The van der Waals surface area contributed by atoms with E-state index in [0.29, 0.717) is 12.2 Å². The first-order valence-electron chi connectivity index (χ1n) is 11.7. The van der Waals surface area contributed by atoms with Crippen molar-refractivity contribution in [1.82, 2.24) is 24.3 Å². The van der Waals surface area contributed by atoms with Gasteiger partial charge in [-0.2, -0.15) is 0 Å². The molecule has 36 heavy (non-hydrogen) atoms. The van der Waals surface area contributed by atoms with Crippen LogP contribution in [-0.2, 0) is 13.2 Å². The van der Waals surface area contributed by atoms with Gasteiger partial charge in [-0.15, -0.1) is 0 Å². The molecule has 0 saturated carbocycles. The van der Waals surface area contributed by atoms with Crippen LogP contribution in [0.2, 0.25) is 0 Å². The van der Waals surface area contributed by atoms with Crippen LogP contribution in [0.5, 0.6) is 11.5 Å². The molecule has 1 fully saturated rings. The first-order valence-corrected chi connectivity index (χ1v) is 11.7. The standard InChI is InChI=1S/C25H30F2N6O3/c1-17-12-21(35-3)24(27)20(23(17)26)16-36-19-14-28-25(29-15-19)30-18-4-5-33(22(34)13-18)11-10-32-8-6-31(2)7-9-32/h4-5,12-15H,6-11,16H2,1-3H3,(H,28,29,30). The Morgan fingerprint density at radius 1 is 1.06 bits per heavy atom. The number of nitrogens with one attached hydrogen (secondary N) is 1. The molecule has 2 aromatic heterocycles. The molecule has 0 radical (unpaired) electrons. The minimum atomic E-state index is -0.807. The smallest absolute Gasteiger partial charge is 0.252 e. The first-order chi connectivity index (χ1) is 17.3. The number of likely N-dealkylation sites (N-methyl/N-ethyl adjacent to an activating group) is 1. The zero-order valence-electron chi connectivity index (χ0n) is 20.6. The molecule has 11 heteroatoms. The molecular formula is C25H30F2N6O3. The van der Waals surface area contributed by atoms with Crippen LogP contribution in [-0.4, -0.2) is 71.2 Å². The third-order valence-electron chi connectivity index (χ3n) is 6.18. The second-order valence-corrected chi connectivity index (χ2v) is 8.75. The Bertz CT molecular complexity index is 1240. The predicted molar refractivity (Wildman–Crippen MR) is 132 cm³/mol. The summed E-state index contributed by atoms with van der Waals surface area (Å²) < 4.78 is 40.9. The van der Waals surface area contributed by atoms with E-state index in [-0.39, 0.29) is 40.7 Å². The molecule has 1 aromatic carbocycles. The number of anilines is 2. The number of hydrogen-bond donors (Lipinski definition) is 1. The molecule has 192 valence electrons. The van der Waals surface area contributed by atoms with Gasteiger partial charge in [0.1, 0.15) is 12.4 Å². The van der Waals surface area contributed by atoms with Crippen LogP contribution in [0.3, 0.4) is 0 Å². The summed E-state index contributed by atoms with van der Waals surface area (Å²) in [5, 5.41) is 2.98. The second kappa shape index (κ2) is 11.4. The van der Waals surface area contributed by atoms with Gasteiger partial charge in [-0.05, 0) is 31.7 Å². The van der Waals surface area contributed by atoms with Gasteiger partial charge in [0, 0.05) is 57.2 Å². The maximum absolute atomic E-state index is 14.4. The van der Waals surface area contributed by atoms with E-state index in [4.69, 9.17) is 9.47 Å². The van der Waals surface area contributed by atoms with Crippen LogP contribution >= 0.6 is 0 Å². The van der Waals surface area contributed by atoms with Gasteiger partial charge in [0.15, 0.2) is 17.3 Å². The fourth-order valence-corrected chi connectivity index (χ4v) is 3.91. The summed E-state index contributed by atoms with van der Waals surface area (Å²) in [6, 6.07) is 4.58. The Kier molecular flexibility index (Phi) is 8.11. The minimum absolute atomic E-state index is 0.0513. The molecule has 0 spiro atoms. The second-order valence-electron chi connectivity index (χ2n) is 8.75. The third-order valence-corrected chi connectivity index (χ3v) is 6.18.